The van der Waals surface area contributed by atoms with Gasteiger partial charge in [0.05, 0.1) is 12.8 Å². The van der Waals surface area contributed by atoms with Gasteiger partial charge in [0.25, 0.3) is 0 Å². The van der Waals surface area contributed by atoms with Crippen LogP contribution in [0, 0.1) is 35.5 Å². The van der Waals surface area contributed by atoms with Crippen molar-refractivity contribution in [2.45, 2.75) is 38.5 Å². The molecular weight excluding hydrogens is 216 g/mol. The van der Waals surface area contributed by atoms with Gasteiger partial charge in [-0.05, 0) is 12.8 Å². The third kappa shape index (κ3) is 14.1. The lowest BCUT2D eigenvalue weighted by Crippen LogP contribution is -1.92. The van der Waals surface area contributed by atoms with Gasteiger partial charge in [0.15, 0.2) is 0 Å². The molecule has 0 atom stereocenters. The Balaban J connectivity index is 3.45. The Morgan fingerprint density at radius 2 is 1.47 bits per heavy atom. The van der Waals surface area contributed by atoms with Crippen LogP contribution in [0.2, 0.25) is 0 Å². The Morgan fingerprint density at radius 1 is 0.882 bits per heavy atom. The summed E-state index contributed by atoms with van der Waals surface area (Å²) in [5.74, 6) is 15.9. The largest absolute Gasteiger partial charge is 0.481 e. The smallest absolute Gasteiger partial charge is 0.303 e. The van der Waals surface area contributed by atoms with E-state index in [4.69, 9.17) is 10.2 Å². The third-order valence-corrected chi connectivity index (χ3v) is 1.75. The summed E-state index contributed by atoms with van der Waals surface area (Å²) in [6.07, 6.45) is 3.39. The molecule has 0 aromatic rings. The van der Waals surface area contributed by atoms with E-state index >= 15 is 0 Å². The number of unbranched alkanes of at least 4 members (excludes halogenated alkanes) is 2. The first-order valence-electron chi connectivity index (χ1n) is 5.47. The number of hydrogen-bond acceptors (Lipinski definition) is 2. The average Bonchev–Trinajstić information content (AvgIpc) is 2.30. The zero-order chi connectivity index (χ0) is 12.8. The molecule has 0 radical (unpaired) electrons. The average molecular weight is 232 g/mol. The zero-order valence-corrected chi connectivity index (χ0v) is 9.75. The zero-order valence-electron chi connectivity index (χ0n) is 9.75. The van der Waals surface area contributed by atoms with Crippen LogP contribution < -0.4 is 0 Å². The number of aliphatic hydroxyl groups is 1. The van der Waals surface area contributed by atoms with Crippen LogP contribution in [0.25, 0.3) is 0 Å². The molecule has 0 aromatic heterocycles. The van der Waals surface area contributed by atoms with E-state index in [2.05, 4.69) is 35.5 Å². The molecule has 0 amide bonds. The lowest BCUT2D eigenvalue weighted by molar-refractivity contribution is -0.137. The fraction of sp³-hybridized carbons (Fsp3) is 0.500. The maximum atomic E-state index is 10.2. The van der Waals surface area contributed by atoms with Gasteiger partial charge in [-0.25, -0.2) is 0 Å². The molecule has 0 fully saturated rings. The molecule has 3 nitrogen and oxygen atoms in total. The van der Waals surface area contributed by atoms with E-state index < -0.39 is 5.97 Å². The minimum Gasteiger partial charge on any atom is -0.481 e. The molecule has 0 saturated heterocycles. The summed E-state index contributed by atoms with van der Waals surface area (Å²) in [4.78, 5) is 10.2. The molecule has 0 spiro atoms. The van der Waals surface area contributed by atoms with Crippen molar-refractivity contribution in [2.75, 3.05) is 6.61 Å². The lowest BCUT2D eigenvalue weighted by Gasteiger charge is -1.90. The van der Waals surface area contributed by atoms with Crippen LogP contribution in [-0.4, -0.2) is 22.8 Å². The molecule has 17 heavy (non-hydrogen) atoms. The van der Waals surface area contributed by atoms with Crippen molar-refractivity contribution in [1.29, 1.82) is 0 Å². The van der Waals surface area contributed by atoms with Crippen LogP contribution in [-0.2, 0) is 4.79 Å². The maximum absolute atomic E-state index is 10.2. The van der Waals surface area contributed by atoms with Gasteiger partial charge in [-0.1, -0.05) is 29.6 Å². The van der Waals surface area contributed by atoms with Gasteiger partial charge in [-0.3, -0.25) is 4.79 Å². The van der Waals surface area contributed by atoms with Gasteiger partial charge in [-0.15, -0.1) is 5.92 Å². The summed E-state index contributed by atoms with van der Waals surface area (Å²) in [6.45, 7) is -0.127. The topological polar surface area (TPSA) is 57.5 Å². The number of carboxylic acid groups (broad SMARTS) is 1. The monoisotopic (exact) mass is 232 g/mol. The van der Waals surface area contributed by atoms with Crippen LogP contribution in [0.4, 0.5) is 0 Å². The van der Waals surface area contributed by atoms with Crippen molar-refractivity contribution in [3.8, 4) is 35.5 Å². The predicted octanol–water partition coefficient (Wildman–Crippen LogP) is 1.41. The van der Waals surface area contributed by atoms with Crippen molar-refractivity contribution >= 4 is 5.97 Å². The van der Waals surface area contributed by atoms with Gasteiger partial charge in [0.1, 0.15) is 6.61 Å². The number of aliphatic hydroxyl groups excluding tert-OH is 1. The van der Waals surface area contributed by atoms with E-state index in [1.54, 1.807) is 0 Å². The molecule has 0 aliphatic heterocycles. The quantitative estimate of drug-likeness (QED) is 0.569. The van der Waals surface area contributed by atoms with E-state index in [9.17, 15) is 4.79 Å². The van der Waals surface area contributed by atoms with Crippen LogP contribution in [0.5, 0.6) is 0 Å². The fourth-order valence-electron chi connectivity index (χ4n) is 0.972. The SMILES string of the molecule is O=C(O)CCCCC#CCC#CCC#CCO. The summed E-state index contributed by atoms with van der Waals surface area (Å²) >= 11 is 0. The highest BCUT2D eigenvalue weighted by Crippen LogP contribution is 1.98. The number of aliphatic carboxylic acids is 1. The number of carboxylic acids is 1. The van der Waals surface area contributed by atoms with E-state index in [-0.39, 0.29) is 13.0 Å². The first kappa shape index (κ1) is 15.1. The summed E-state index contributed by atoms with van der Waals surface area (Å²) in [7, 11) is 0. The standard InChI is InChI=1S/C14H16O3/c15-13-11-9-7-5-3-1-2-4-6-8-10-12-14(16)17/h15H,1,6-8,10,12-13H2,(H,16,17). The van der Waals surface area contributed by atoms with Crippen molar-refractivity contribution in [3.63, 3.8) is 0 Å². The van der Waals surface area contributed by atoms with Crippen molar-refractivity contribution in [2.24, 2.45) is 0 Å². The highest BCUT2D eigenvalue weighted by Gasteiger charge is 1.93. The van der Waals surface area contributed by atoms with Crippen LogP contribution >= 0.6 is 0 Å². The summed E-state index contributed by atoms with van der Waals surface area (Å²) in [6, 6.07) is 0. The summed E-state index contributed by atoms with van der Waals surface area (Å²) < 4.78 is 0. The molecule has 0 aromatic carbocycles. The first-order chi connectivity index (χ1) is 8.27. The fourth-order valence-corrected chi connectivity index (χ4v) is 0.972. The Kier molecular flexibility index (Phi) is 10.8. The predicted molar refractivity (Wildman–Crippen MR) is 65.8 cm³/mol. The van der Waals surface area contributed by atoms with Crippen LogP contribution in [0.15, 0.2) is 0 Å². The Hall–Kier alpha value is -1.89. The first-order valence-corrected chi connectivity index (χ1v) is 5.47. The number of rotatable bonds is 4. The molecule has 0 saturated carbocycles. The van der Waals surface area contributed by atoms with Crippen molar-refractivity contribution in [1.82, 2.24) is 0 Å². The molecule has 0 aliphatic carbocycles. The van der Waals surface area contributed by atoms with Gasteiger partial charge < -0.3 is 10.2 Å². The Morgan fingerprint density at radius 3 is 2.06 bits per heavy atom. The van der Waals surface area contributed by atoms with E-state index in [1.165, 1.54) is 0 Å². The van der Waals surface area contributed by atoms with Gasteiger partial charge in [0.2, 0.25) is 0 Å². The van der Waals surface area contributed by atoms with Gasteiger partial charge in [0, 0.05) is 12.8 Å². The molecule has 0 rings (SSSR count). The molecule has 90 valence electrons. The maximum Gasteiger partial charge on any atom is 0.303 e. The molecular formula is C14H16O3. The van der Waals surface area contributed by atoms with Crippen LogP contribution in [0.3, 0.4) is 0 Å². The Bertz CT molecular complexity index is 390. The van der Waals surface area contributed by atoms with E-state index in [1.807, 2.05) is 0 Å². The van der Waals surface area contributed by atoms with E-state index in [0.717, 1.165) is 12.8 Å². The minimum atomic E-state index is -0.757. The second-order valence-electron chi connectivity index (χ2n) is 3.17. The molecule has 3 heteroatoms. The highest BCUT2D eigenvalue weighted by atomic mass is 16.4. The Labute approximate surface area is 102 Å². The summed E-state index contributed by atoms with van der Waals surface area (Å²) in [5.41, 5.74) is 0. The molecule has 0 heterocycles. The molecule has 0 unspecified atom stereocenters. The van der Waals surface area contributed by atoms with E-state index in [0.29, 0.717) is 19.3 Å². The number of hydrogen-bond donors (Lipinski definition) is 2. The third-order valence-electron chi connectivity index (χ3n) is 1.75. The molecule has 0 aliphatic rings. The minimum absolute atomic E-state index is 0.127. The second kappa shape index (κ2) is 12.2. The van der Waals surface area contributed by atoms with Crippen molar-refractivity contribution < 1.29 is 15.0 Å². The van der Waals surface area contributed by atoms with Gasteiger partial charge in [-0.2, -0.15) is 0 Å². The second-order valence-corrected chi connectivity index (χ2v) is 3.17. The molecule has 2 N–H and O–H groups in total. The van der Waals surface area contributed by atoms with Crippen molar-refractivity contribution in [3.05, 3.63) is 0 Å². The normalized spacial score (nSPS) is 7.82. The van der Waals surface area contributed by atoms with Crippen LogP contribution in [0.1, 0.15) is 38.5 Å². The lowest BCUT2D eigenvalue weighted by atomic mass is 10.2. The highest BCUT2D eigenvalue weighted by molar-refractivity contribution is 5.66. The molecule has 0 bridgehead atoms. The summed E-state index contributed by atoms with van der Waals surface area (Å²) in [5, 5.41) is 16.8. The number of carbonyl (C=O) groups is 1. The van der Waals surface area contributed by atoms with Gasteiger partial charge >= 0.3 is 5.97 Å².